The third kappa shape index (κ3) is 3.93. The summed E-state index contributed by atoms with van der Waals surface area (Å²) >= 11 is 0. The van der Waals surface area contributed by atoms with E-state index in [1.165, 1.54) is 11.1 Å². The quantitative estimate of drug-likeness (QED) is 0.397. The fraction of sp³-hybridized carbons (Fsp3) is 0.448. The molecule has 1 aliphatic rings. The molecule has 3 rings (SSSR count). The summed E-state index contributed by atoms with van der Waals surface area (Å²) in [4.78, 5) is 2.28. The summed E-state index contributed by atoms with van der Waals surface area (Å²) in [7, 11) is 0. The van der Waals surface area contributed by atoms with Crippen molar-refractivity contribution >= 4 is 11.4 Å². The molecule has 0 amide bonds. The number of rotatable bonds is 8. The van der Waals surface area contributed by atoms with E-state index in [9.17, 15) is 0 Å². The second-order valence-corrected chi connectivity index (χ2v) is 9.26. The van der Waals surface area contributed by atoms with Gasteiger partial charge in [-0.25, -0.2) is 0 Å². The van der Waals surface area contributed by atoms with Crippen LogP contribution in [0.15, 0.2) is 60.8 Å². The van der Waals surface area contributed by atoms with Gasteiger partial charge in [0.2, 0.25) is 0 Å². The standard InChI is InChI=1S/C29H39NO/c1-9-23(10-2)30-24-17-15-21(28(7,11-3)12-4)19-26(24)31-27-20-22(16-18-25(27)30)29(8,13-5)14-6/h9-10,15-20H,1,11-14H2,2-8H3/b23-10+. The molecule has 166 valence electrons. The van der Waals surface area contributed by atoms with Gasteiger partial charge >= 0.3 is 0 Å². The first-order chi connectivity index (χ1) is 14.8. The predicted octanol–water partition coefficient (Wildman–Crippen LogP) is 9.18. The molecule has 0 aromatic heterocycles. The third-order valence-corrected chi connectivity index (χ3v) is 7.90. The lowest BCUT2D eigenvalue weighted by Gasteiger charge is -2.36. The molecule has 2 aromatic rings. The van der Waals surface area contributed by atoms with Crippen LogP contribution in [0.3, 0.4) is 0 Å². The highest BCUT2D eigenvalue weighted by atomic mass is 16.5. The SMILES string of the molecule is C=C/C(=C\C)N1c2ccc(C(C)(CC)CC)cc2Oc2cc(C(C)(CC)CC)ccc21. The molecule has 31 heavy (non-hydrogen) atoms. The van der Waals surface area contributed by atoms with Crippen molar-refractivity contribution in [3.8, 4) is 11.5 Å². The van der Waals surface area contributed by atoms with E-state index in [0.29, 0.717) is 0 Å². The topological polar surface area (TPSA) is 12.5 Å². The van der Waals surface area contributed by atoms with E-state index in [4.69, 9.17) is 4.74 Å². The Morgan fingerprint density at radius 3 is 1.58 bits per heavy atom. The highest BCUT2D eigenvalue weighted by Crippen LogP contribution is 2.51. The molecule has 1 aliphatic heterocycles. The van der Waals surface area contributed by atoms with Crippen LogP contribution in [-0.2, 0) is 10.8 Å². The number of ether oxygens (including phenoxy) is 1. The molecule has 1 heterocycles. The van der Waals surface area contributed by atoms with Gasteiger partial charge in [0.15, 0.2) is 11.5 Å². The number of hydrogen-bond acceptors (Lipinski definition) is 2. The lowest BCUT2D eigenvalue weighted by Crippen LogP contribution is -2.24. The van der Waals surface area contributed by atoms with Gasteiger partial charge in [-0.05, 0) is 84.9 Å². The van der Waals surface area contributed by atoms with Gasteiger partial charge < -0.3 is 9.64 Å². The second-order valence-electron chi connectivity index (χ2n) is 9.26. The molecule has 2 nitrogen and oxygen atoms in total. The maximum atomic E-state index is 6.59. The summed E-state index contributed by atoms with van der Waals surface area (Å²) in [5, 5.41) is 0. The summed E-state index contributed by atoms with van der Waals surface area (Å²) < 4.78 is 6.59. The Kier molecular flexibility index (Phi) is 6.69. The third-order valence-electron chi connectivity index (χ3n) is 7.90. The van der Waals surface area contributed by atoms with E-state index in [2.05, 4.69) is 102 Å². The monoisotopic (exact) mass is 417 g/mol. The maximum absolute atomic E-state index is 6.59. The van der Waals surface area contributed by atoms with Crippen LogP contribution >= 0.6 is 0 Å². The van der Waals surface area contributed by atoms with Crippen LogP contribution in [0.4, 0.5) is 11.4 Å². The van der Waals surface area contributed by atoms with Gasteiger partial charge in [0.25, 0.3) is 0 Å². The van der Waals surface area contributed by atoms with Crippen molar-refractivity contribution in [2.45, 2.75) is 85.0 Å². The van der Waals surface area contributed by atoms with Crippen molar-refractivity contribution < 1.29 is 4.74 Å². The summed E-state index contributed by atoms with van der Waals surface area (Å²) in [6, 6.07) is 13.5. The van der Waals surface area contributed by atoms with Crippen LogP contribution in [0.5, 0.6) is 11.5 Å². The molecular formula is C29H39NO. The molecule has 0 spiro atoms. The Labute approximate surface area is 189 Å². The number of nitrogens with zero attached hydrogens (tertiary/aromatic N) is 1. The summed E-state index contributed by atoms with van der Waals surface area (Å²) in [5.41, 5.74) is 6.17. The molecule has 0 fully saturated rings. The number of allylic oxidation sites excluding steroid dienone is 2. The van der Waals surface area contributed by atoms with E-state index in [1.807, 2.05) is 6.08 Å². The molecule has 0 saturated carbocycles. The van der Waals surface area contributed by atoms with Crippen LogP contribution in [0.25, 0.3) is 0 Å². The fourth-order valence-corrected chi connectivity index (χ4v) is 4.49. The van der Waals surface area contributed by atoms with Crippen molar-refractivity contribution in [3.63, 3.8) is 0 Å². The molecule has 0 saturated heterocycles. The van der Waals surface area contributed by atoms with Crippen LogP contribution in [-0.4, -0.2) is 0 Å². The van der Waals surface area contributed by atoms with E-state index in [0.717, 1.165) is 54.3 Å². The highest BCUT2D eigenvalue weighted by molar-refractivity contribution is 5.82. The van der Waals surface area contributed by atoms with Crippen LogP contribution in [0.1, 0.15) is 85.3 Å². The Balaban J connectivity index is 2.20. The molecule has 2 heteroatoms. The summed E-state index contributed by atoms with van der Waals surface area (Å²) in [6.45, 7) is 19.9. The van der Waals surface area contributed by atoms with Crippen LogP contribution in [0.2, 0.25) is 0 Å². The van der Waals surface area contributed by atoms with Gasteiger partial charge in [0.05, 0.1) is 11.4 Å². The minimum atomic E-state index is 0.149. The van der Waals surface area contributed by atoms with E-state index < -0.39 is 0 Å². The molecule has 0 unspecified atom stereocenters. The minimum absolute atomic E-state index is 0.149. The smallest absolute Gasteiger partial charge is 0.151 e. The van der Waals surface area contributed by atoms with Crippen molar-refractivity contribution in [2.75, 3.05) is 4.90 Å². The number of anilines is 2. The minimum Gasteiger partial charge on any atom is -0.453 e. The fourth-order valence-electron chi connectivity index (χ4n) is 4.49. The van der Waals surface area contributed by atoms with Crippen molar-refractivity contribution in [2.24, 2.45) is 0 Å². The zero-order chi connectivity index (χ0) is 22.8. The lowest BCUT2D eigenvalue weighted by molar-refractivity contribution is 0.425. The first kappa shape index (κ1) is 23.2. The first-order valence-corrected chi connectivity index (χ1v) is 11.9. The Bertz CT molecular complexity index is 909. The molecule has 0 atom stereocenters. The van der Waals surface area contributed by atoms with Crippen molar-refractivity contribution in [1.82, 2.24) is 0 Å². The zero-order valence-corrected chi connectivity index (χ0v) is 20.5. The van der Waals surface area contributed by atoms with E-state index in [-0.39, 0.29) is 10.8 Å². The van der Waals surface area contributed by atoms with Gasteiger partial charge in [-0.15, -0.1) is 0 Å². The average Bonchev–Trinajstić information content (AvgIpc) is 2.82. The Hall–Kier alpha value is -2.48. The van der Waals surface area contributed by atoms with Gasteiger partial charge in [-0.3, -0.25) is 0 Å². The first-order valence-electron chi connectivity index (χ1n) is 11.9. The summed E-state index contributed by atoms with van der Waals surface area (Å²) in [5.74, 6) is 1.84. The van der Waals surface area contributed by atoms with Gasteiger partial charge in [0.1, 0.15) is 0 Å². The number of hydrogen-bond donors (Lipinski definition) is 0. The average molecular weight is 418 g/mol. The van der Waals surface area contributed by atoms with Gasteiger partial charge in [-0.1, -0.05) is 66.3 Å². The number of fused-ring (bicyclic) bond motifs is 2. The predicted molar refractivity (Wildman–Crippen MR) is 135 cm³/mol. The van der Waals surface area contributed by atoms with Crippen molar-refractivity contribution in [1.29, 1.82) is 0 Å². The number of benzene rings is 2. The molecule has 0 aliphatic carbocycles. The zero-order valence-electron chi connectivity index (χ0n) is 20.5. The molecule has 2 aromatic carbocycles. The van der Waals surface area contributed by atoms with E-state index >= 15 is 0 Å². The highest BCUT2D eigenvalue weighted by Gasteiger charge is 2.31. The maximum Gasteiger partial charge on any atom is 0.151 e. The molecule has 0 radical (unpaired) electrons. The Morgan fingerprint density at radius 2 is 1.26 bits per heavy atom. The van der Waals surface area contributed by atoms with Crippen LogP contribution in [0, 0.1) is 0 Å². The molecule has 0 N–H and O–H groups in total. The lowest BCUT2D eigenvalue weighted by atomic mass is 9.77. The molecule has 0 bridgehead atoms. The van der Waals surface area contributed by atoms with Crippen molar-refractivity contribution in [3.05, 3.63) is 72.0 Å². The normalized spacial score (nSPS) is 14.0. The second kappa shape index (κ2) is 8.94. The Morgan fingerprint density at radius 1 is 0.839 bits per heavy atom. The summed E-state index contributed by atoms with van der Waals surface area (Å²) in [6.07, 6.45) is 8.44. The largest absolute Gasteiger partial charge is 0.453 e. The molecular weight excluding hydrogens is 378 g/mol. The van der Waals surface area contributed by atoms with Gasteiger partial charge in [-0.2, -0.15) is 0 Å². The van der Waals surface area contributed by atoms with Crippen LogP contribution < -0.4 is 9.64 Å². The van der Waals surface area contributed by atoms with Gasteiger partial charge in [0, 0.05) is 5.70 Å². The van der Waals surface area contributed by atoms with E-state index in [1.54, 1.807) is 0 Å².